The molecule has 5 nitrogen and oxygen atoms in total. The molecular weight excluding hydrogens is 268 g/mol. The van der Waals surface area contributed by atoms with Crippen molar-refractivity contribution in [3.8, 4) is 5.75 Å². The Morgan fingerprint density at radius 2 is 1.76 bits per heavy atom. The van der Waals surface area contributed by atoms with Crippen LogP contribution in [0.15, 0.2) is 18.2 Å². The Labute approximate surface area is 125 Å². The summed E-state index contributed by atoms with van der Waals surface area (Å²) in [5, 5.41) is 0. The van der Waals surface area contributed by atoms with Gasteiger partial charge in [0.05, 0.1) is 0 Å². The minimum Gasteiger partial charge on any atom is -0.484 e. The van der Waals surface area contributed by atoms with E-state index in [0.717, 1.165) is 11.1 Å². The number of aryl methyl sites for hydroxylation is 2. The first-order valence-corrected chi connectivity index (χ1v) is 7.24. The van der Waals surface area contributed by atoms with Gasteiger partial charge >= 0.3 is 0 Å². The summed E-state index contributed by atoms with van der Waals surface area (Å²) in [6, 6.07) is 5.89. The summed E-state index contributed by atoms with van der Waals surface area (Å²) in [5.41, 5.74) is 7.51. The van der Waals surface area contributed by atoms with Crippen LogP contribution >= 0.6 is 0 Å². The first kappa shape index (κ1) is 15.4. The molecule has 1 fully saturated rings. The number of likely N-dealkylation sites (tertiary alicyclic amines) is 1. The molecule has 0 aliphatic carbocycles. The summed E-state index contributed by atoms with van der Waals surface area (Å²) in [6.45, 7) is 5.17. The number of ether oxygens (including phenoxy) is 1. The number of carbonyl (C=O) groups excluding carboxylic acids is 2. The number of benzene rings is 1. The predicted molar refractivity (Wildman–Crippen MR) is 79.9 cm³/mol. The van der Waals surface area contributed by atoms with Crippen LogP contribution in [0.2, 0.25) is 0 Å². The molecule has 5 heteroatoms. The fourth-order valence-corrected chi connectivity index (χ4v) is 2.67. The number of amides is 2. The highest BCUT2D eigenvalue weighted by Crippen LogP contribution is 2.18. The van der Waals surface area contributed by atoms with Crippen LogP contribution in [0.5, 0.6) is 5.75 Å². The molecule has 1 aliphatic rings. The third-order valence-corrected chi connectivity index (χ3v) is 3.81. The van der Waals surface area contributed by atoms with Gasteiger partial charge in [0.1, 0.15) is 5.75 Å². The SMILES string of the molecule is Cc1cc(C)cc(OCC(=O)N2CCC(C(N)=O)CC2)c1. The van der Waals surface area contributed by atoms with Gasteiger partial charge in [0, 0.05) is 19.0 Å². The molecule has 2 rings (SSSR count). The lowest BCUT2D eigenvalue weighted by Gasteiger charge is -2.30. The molecule has 2 amide bonds. The summed E-state index contributed by atoms with van der Waals surface area (Å²) in [6.07, 6.45) is 1.29. The molecule has 0 atom stereocenters. The van der Waals surface area contributed by atoms with Crippen LogP contribution in [0.4, 0.5) is 0 Å². The second-order valence-electron chi connectivity index (χ2n) is 5.67. The summed E-state index contributed by atoms with van der Waals surface area (Å²) in [5.74, 6) is 0.299. The number of primary amides is 1. The summed E-state index contributed by atoms with van der Waals surface area (Å²) in [4.78, 5) is 24.9. The van der Waals surface area contributed by atoms with Gasteiger partial charge in [0.25, 0.3) is 5.91 Å². The van der Waals surface area contributed by atoms with Crippen LogP contribution in [-0.4, -0.2) is 36.4 Å². The highest BCUT2D eigenvalue weighted by Gasteiger charge is 2.25. The van der Waals surface area contributed by atoms with E-state index in [9.17, 15) is 9.59 Å². The molecule has 0 saturated carbocycles. The number of hydrogen-bond donors (Lipinski definition) is 1. The topological polar surface area (TPSA) is 72.6 Å². The van der Waals surface area contributed by atoms with E-state index in [1.54, 1.807) is 4.90 Å². The van der Waals surface area contributed by atoms with Gasteiger partial charge in [-0.25, -0.2) is 0 Å². The Morgan fingerprint density at radius 1 is 1.19 bits per heavy atom. The second-order valence-corrected chi connectivity index (χ2v) is 5.67. The monoisotopic (exact) mass is 290 g/mol. The van der Waals surface area contributed by atoms with Gasteiger partial charge in [-0.15, -0.1) is 0 Å². The smallest absolute Gasteiger partial charge is 0.260 e. The van der Waals surface area contributed by atoms with Crippen molar-refractivity contribution in [1.82, 2.24) is 4.90 Å². The lowest BCUT2D eigenvalue weighted by Crippen LogP contribution is -2.43. The number of nitrogens with two attached hydrogens (primary N) is 1. The quantitative estimate of drug-likeness (QED) is 0.911. The van der Waals surface area contributed by atoms with Crippen molar-refractivity contribution in [3.05, 3.63) is 29.3 Å². The van der Waals surface area contributed by atoms with Crippen molar-refractivity contribution in [2.45, 2.75) is 26.7 Å². The maximum absolute atomic E-state index is 12.1. The van der Waals surface area contributed by atoms with E-state index in [2.05, 4.69) is 6.07 Å². The normalized spacial score (nSPS) is 15.8. The number of piperidine rings is 1. The maximum Gasteiger partial charge on any atom is 0.260 e. The van der Waals surface area contributed by atoms with E-state index >= 15 is 0 Å². The van der Waals surface area contributed by atoms with Crippen LogP contribution in [0, 0.1) is 19.8 Å². The van der Waals surface area contributed by atoms with Crippen molar-refractivity contribution in [1.29, 1.82) is 0 Å². The Morgan fingerprint density at radius 3 is 2.29 bits per heavy atom. The average Bonchev–Trinajstić information content (AvgIpc) is 2.44. The molecule has 0 aromatic heterocycles. The van der Waals surface area contributed by atoms with Crippen LogP contribution in [-0.2, 0) is 9.59 Å². The Bertz CT molecular complexity index is 514. The molecule has 0 bridgehead atoms. The minimum atomic E-state index is -0.270. The predicted octanol–water partition coefficient (Wildman–Crippen LogP) is 1.41. The van der Waals surface area contributed by atoms with Crippen LogP contribution < -0.4 is 10.5 Å². The Hall–Kier alpha value is -2.04. The zero-order valence-electron chi connectivity index (χ0n) is 12.6. The van der Waals surface area contributed by atoms with Crippen LogP contribution in [0.1, 0.15) is 24.0 Å². The lowest BCUT2D eigenvalue weighted by molar-refractivity contribution is -0.136. The fourth-order valence-electron chi connectivity index (χ4n) is 2.67. The van der Waals surface area contributed by atoms with Gasteiger partial charge in [-0.2, -0.15) is 0 Å². The van der Waals surface area contributed by atoms with Crippen molar-refractivity contribution in [2.75, 3.05) is 19.7 Å². The van der Waals surface area contributed by atoms with Gasteiger partial charge in [0.15, 0.2) is 6.61 Å². The molecule has 1 aliphatic heterocycles. The molecule has 0 radical (unpaired) electrons. The zero-order chi connectivity index (χ0) is 15.4. The van der Waals surface area contributed by atoms with E-state index in [1.165, 1.54) is 0 Å². The van der Waals surface area contributed by atoms with E-state index in [-0.39, 0.29) is 24.3 Å². The van der Waals surface area contributed by atoms with Gasteiger partial charge < -0.3 is 15.4 Å². The van der Waals surface area contributed by atoms with Gasteiger partial charge in [-0.1, -0.05) is 6.07 Å². The standard InChI is InChI=1S/C16H22N2O3/c1-11-7-12(2)9-14(8-11)21-10-15(19)18-5-3-13(4-6-18)16(17)20/h7-9,13H,3-6,10H2,1-2H3,(H2,17,20). The molecule has 0 spiro atoms. The molecule has 2 N–H and O–H groups in total. The van der Waals surface area contributed by atoms with Crippen molar-refractivity contribution in [3.63, 3.8) is 0 Å². The number of nitrogens with zero attached hydrogens (tertiary/aromatic N) is 1. The Kier molecular flexibility index (Phi) is 4.83. The molecule has 114 valence electrons. The first-order chi connectivity index (χ1) is 9.95. The molecule has 1 heterocycles. The number of rotatable bonds is 4. The highest BCUT2D eigenvalue weighted by molar-refractivity contribution is 5.79. The maximum atomic E-state index is 12.1. The zero-order valence-corrected chi connectivity index (χ0v) is 12.6. The van der Waals surface area contributed by atoms with Crippen LogP contribution in [0.3, 0.4) is 0 Å². The molecule has 1 aromatic carbocycles. The Balaban J connectivity index is 1.84. The summed E-state index contributed by atoms with van der Waals surface area (Å²) < 4.78 is 5.57. The van der Waals surface area contributed by atoms with Crippen LogP contribution in [0.25, 0.3) is 0 Å². The molecule has 1 saturated heterocycles. The van der Waals surface area contributed by atoms with E-state index in [4.69, 9.17) is 10.5 Å². The molecule has 21 heavy (non-hydrogen) atoms. The highest BCUT2D eigenvalue weighted by atomic mass is 16.5. The molecule has 0 unspecified atom stereocenters. The average molecular weight is 290 g/mol. The van der Waals surface area contributed by atoms with Gasteiger partial charge in [-0.3, -0.25) is 9.59 Å². The second kappa shape index (κ2) is 6.61. The first-order valence-electron chi connectivity index (χ1n) is 7.24. The van der Waals surface area contributed by atoms with Crippen molar-refractivity contribution in [2.24, 2.45) is 11.7 Å². The summed E-state index contributed by atoms with van der Waals surface area (Å²) in [7, 11) is 0. The third kappa shape index (κ3) is 4.21. The van der Waals surface area contributed by atoms with E-state index in [1.807, 2.05) is 26.0 Å². The third-order valence-electron chi connectivity index (χ3n) is 3.81. The minimum absolute atomic E-state index is 0.0319. The van der Waals surface area contributed by atoms with E-state index in [0.29, 0.717) is 31.7 Å². The summed E-state index contributed by atoms with van der Waals surface area (Å²) >= 11 is 0. The van der Waals surface area contributed by atoms with E-state index < -0.39 is 0 Å². The largest absolute Gasteiger partial charge is 0.484 e. The fraction of sp³-hybridized carbons (Fsp3) is 0.500. The molecule has 1 aromatic rings. The molecular formula is C16H22N2O3. The van der Waals surface area contributed by atoms with Crippen molar-refractivity contribution >= 4 is 11.8 Å². The number of hydrogen-bond acceptors (Lipinski definition) is 3. The van der Waals surface area contributed by atoms with Gasteiger partial charge in [-0.05, 0) is 49.9 Å². The number of carbonyl (C=O) groups is 2. The lowest BCUT2D eigenvalue weighted by atomic mass is 9.96. The van der Waals surface area contributed by atoms with Crippen molar-refractivity contribution < 1.29 is 14.3 Å². The van der Waals surface area contributed by atoms with Gasteiger partial charge in [0.2, 0.25) is 5.91 Å².